The summed E-state index contributed by atoms with van der Waals surface area (Å²) in [6, 6.07) is 6.63. The molecule has 1 aliphatic rings. The van der Waals surface area contributed by atoms with Crippen LogP contribution in [0.3, 0.4) is 0 Å². The molecule has 10 heteroatoms. The third kappa shape index (κ3) is 4.49. The lowest BCUT2D eigenvalue weighted by atomic mass is 10.1. The second kappa shape index (κ2) is 8.94. The van der Waals surface area contributed by atoms with Gasteiger partial charge in [0.15, 0.2) is 0 Å². The SMILES string of the molecule is Cc1ncsc1-c1ccc(CNC(=O)C2CC(O)CN2C(=O)C(C)n2cncn2)cc1. The molecule has 1 fully saturated rings. The van der Waals surface area contributed by atoms with Gasteiger partial charge in [0, 0.05) is 19.5 Å². The van der Waals surface area contributed by atoms with E-state index in [0.29, 0.717) is 6.54 Å². The van der Waals surface area contributed by atoms with Crippen LogP contribution in [0.2, 0.25) is 0 Å². The minimum absolute atomic E-state index is 0.124. The molecule has 2 amide bonds. The monoisotopic (exact) mass is 440 g/mol. The van der Waals surface area contributed by atoms with Crippen molar-refractivity contribution in [1.29, 1.82) is 0 Å². The molecule has 2 aromatic heterocycles. The van der Waals surface area contributed by atoms with Crippen molar-refractivity contribution in [2.75, 3.05) is 6.54 Å². The summed E-state index contributed by atoms with van der Waals surface area (Å²) in [5.41, 5.74) is 4.86. The Balaban J connectivity index is 1.39. The molecule has 0 spiro atoms. The average molecular weight is 441 g/mol. The Kier molecular flexibility index (Phi) is 6.10. The van der Waals surface area contributed by atoms with E-state index in [0.717, 1.165) is 21.7 Å². The molecule has 3 aromatic rings. The number of aromatic nitrogens is 4. The molecule has 0 radical (unpaired) electrons. The molecule has 0 bridgehead atoms. The van der Waals surface area contributed by atoms with Crippen LogP contribution in [-0.4, -0.2) is 60.3 Å². The van der Waals surface area contributed by atoms with E-state index in [4.69, 9.17) is 0 Å². The molecule has 0 saturated carbocycles. The number of thiazole rings is 1. The van der Waals surface area contributed by atoms with Crippen molar-refractivity contribution >= 4 is 23.2 Å². The van der Waals surface area contributed by atoms with E-state index >= 15 is 0 Å². The van der Waals surface area contributed by atoms with Gasteiger partial charge in [-0.25, -0.2) is 14.6 Å². The Bertz CT molecular complexity index is 1050. The lowest BCUT2D eigenvalue weighted by molar-refractivity contribution is -0.141. The number of likely N-dealkylation sites (tertiary alicyclic amines) is 1. The number of aliphatic hydroxyl groups excluding tert-OH is 1. The zero-order chi connectivity index (χ0) is 22.0. The summed E-state index contributed by atoms with van der Waals surface area (Å²) in [7, 11) is 0. The molecule has 1 saturated heterocycles. The molecule has 0 aliphatic carbocycles. The van der Waals surface area contributed by atoms with Crippen molar-refractivity contribution < 1.29 is 14.7 Å². The van der Waals surface area contributed by atoms with Crippen molar-refractivity contribution in [1.82, 2.24) is 30.0 Å². The Labute approximate surface area is 183 Å². The number of amides is 2. The van der Waals surface area contributed by atoms with E-state index < -0.39 is 18.2 Å². The second-order valence-corrected chi connectivity index (χ2v) is 8.48. The topological polar surface area (TPSA) is 113 Å². The van der Waals surface area contributed by atoms with Crippen molar-refractivity contribution in [3.8, 4) is 10.4 Å². The predicted molar refractivity (Wildman–Crippen MR) is 115 cm³/mol. The summed E-state index contributed by atoms with van der Waals surface area (Å²) in [5, 5.41) is 17.0. The van der Waals surface area contributed by atoms with Crippen LogP contribution in [0.4, 0.5) is 0 Å². The first-order chi connectivity index (χ1) is 14.9. The highest BCUT2D eigenvalue weighted by atomic mass is 32.1. The van der Waals surface area contributed by atoms with Gasteiger partial charge in [0.1, 0.15) is 24.7 Å². The quantitative estimate of drug-likeness (QED) is 0.601. The van der Waals surface area contributed by atoms with Gasteiger partial charge in [-0.2, -0.15) is 5.10 Å². The third-order valence-electron chi connectivity index (χ3n) is 5.48. The van der Waals surface area contributed by atoms with E-state index in [-0.39, 0.29) is 24.8 Å². The smallest absolute Gasteiger partial charge is 0.247 e. The molecule has 1 aliphatic heterocycles. The summed E-state index contributed by atoms with van der Waals surface area (Å²) in [5.74, 6) is -0.551. The van der Waals surface area contributed by atoms with Crippen molar-refractivity contribution in [3.63, 3.8) is 0 Å². The van der Waals surface area contributed by atoms with Gasteiger partial charge in [-0.15, -0.1) is 11.3 Å². The molecule has 1 aromatic carbocycles. The number of benzene rings is 1. The summed E-state index contributed by atoms with van der Waals surface area (Å²) < 4.78 is 1.44. The van der Waals surface area contributed by atoms with Gasteiger partial charge < -0.3 is 15.3 Å². The van der Waals surface area contributed by atoms with Crippen LogP contribution >= 0.6 is 11.3 Å². The van der Waals surface area contributed by atoms with Crippen molar-refractivity contribution in [2.45, 2.75) is 45.0 Å². The first-order valence-corrected chi connectivity index (χ1v) is 10.9. The normalized spacial score (nSPS) is 19.4. The third-order valence-corrected chi connectivity index (χ3v) is 6.46. The fourth-order valence-electron chi connectivity index (χ4n) is 3.74. The fraction of sp³-hybridized carbons (Fsp3) is 0.381. The fourth-order valence-corrected chi connectivity index (χ4v) is 4.55. The van der Waals surface area contributed by atoms with E-state index in [9.17, 15) is 14.7 Å². The largest absolute Gasteiger partial charge is 0.391 e. The second-order valence-electron chi connectivity index (χ2n) is 7.63. The number of rotatable bonds is 6. The van der Waals surface area contributed by atoms with Gasteiger partial charge in [-0.1, -0.05) is 24.3 Å². The number of carbonyl (C=O) groups excluding carboxylic acids is 2. The summed E-state index contributed by atoms with van der Waals surface area (Å²) in [4.78, 5) is 36.4. The average Bonchev–Trinajstić information content (AvgIpc) is 3.52. The zero-order valence-corrected chi connectivity index (χ0v) is 18.1. The molecule has 3 atom stereocenters. The number of nitrogens with one attached hydrogen (secondary N) is 1. The predicted octanol–water partition coefficient (Wildman–Crippen LogP) is 1.55. The van der Waals surface area contributed by atoms with Crippen LogP contribution in [0.5, 0.6) is 0 Å². The van der Waals surface area contributed by atoms with E-state index in [1.54, 1.807) is 18.3 Å². The molecule has 9 nitrogen and oxygen atoms in total. The Morgan fingerprint density at radius 2 is 2.10 bits per heavy atom. The lowest BCUT2D eigenvalue weighted by Crippen LogP contribution is -2.47. The number of aryl methyl sites for hydroxylation is 1. The molecule has 3 heterocycles. The molecule has 2 N–H and O–H groups in total. The molecule has 31 heavy (non-hydrogen) atoms. The highest BCUT2D eigenvalue weighted by Crippen LogP contribution is 2.27. The van der Waals surface area contributed by atoms with Crippen LogP contribution in [0.15, 0.2) is 42.4 Å². The standard InChI is InChI=1S/C21H24N6O3S/c1-13-19(31-12-24-13)16-5-3-15(4-6-16)8-23-20(29)18-7-17(28)9-26(18)21(30)14(2)27-11-22-10-25-27/h3-6,10-12,14,17-18,28H,7-9H2,1-2H3,(H,23,29). The van der Waals surface area contributed by atoms with Gasteiger partial charge in [-0.3, -0.25) is 9.59 Å². The first-order valence-electron chi connectivity index (χ1n) is 10.0. The maximum absolute atomic E-state index is 12.9. The maximum Gasteiger partial charge on any atom is 0.247 e. The molecule has 162 valence electrons. The van der Waals surface area contributed by atoms with Crippen molar-refractivity contribution in [2.24, 2.45) is 0 Å². The maximum atomic E-state index is 12.9. The van der Waals surface area contributed by atoms with Crippen LogP contribution in [0.1, 0.15) is 30.6 Å². The summed E-state index contributed by atoms with van der Waals surface area (Å²) in [6.45, 7) is 4.14. The number of carbonyl (C=O) groups is 2. The van der Waals surface area contributed by atoms with Crippen LogP contribution in [0.25, 0.3) is 10.4 Å². The Morgan fingerprint density at radius 1 is 1.32 bits per heavy atom. The van der Waals surface area contributed by atoms with Crippen LogP contribution in [0, 0.1) is 6.92 Å². The highest BCUT2D eigenvalue weighted by Gasteiger charge is 2.40. The minimum atomic E-state index is -0.732. The summed E-state index contributed by atoms with van der Waals surface area (Å²) >= 11 is 1.60. The van der Waals surface area contributed by atoms with Crippen molar-refractivity contribution in [3.05, 3.63) is 53.7 Å². The van der Waals surface area contributed by atoms with Gasteiger partial charge in [0.05, 0.1) is 22.2 Å². The highest BCUT2D eigenvalue weighted by molar-refractivity contribution is 7.13. The molecule has 3 unspecified atom stereocenters. The number of aliphatic hydroxyl groups is 1. The van der Waals surface area contributed by atoms with E-state index in [2.05, 4.69) is 20.4 Å². The van der Waals surface area contributed by atoms with Gasteiger partial charge in [0.2, 0.25) is 11.8 Å². The van der Waals surface area contributed by atoms with E-state index in [1.165, 1.54) is 22.2 Å². The summed E-state index contributed by atoms with van der Waals surface area (Å²) in [6.07, 6.45) is 2.30. The molecular weight excluding hydrogens is 416 g/mol. The first kappa shape index (κ1) is 21.1. The Hall–Kier alpha value is -3.11. The van der Waals surface area contributed by atoms with Gasteiger partial charge in [0.25, 0.3) is 0 Å². The number of β-amino-alcohol motifs (C(OH)–C–C–N with tert-alkyl or cyclic N) is 1. The minimum Gasteiger partial charge on any atom is -0.391 e. The lowest BCUT2D eigenvalue weighted by Gasteiger charge is -2.26. The number of hydrogen-bond acceptors (Lipinski definition) is 7. The molecular formula is C21H24N6O3S. The van der Waals surface area contributed by atoms with Gasteiger partial charge in [-0.05, 0) is 25.0 Å². The van der Waals surface area contributed by atoms with Gasteiger partial charge >= 0.3 is 0 Å². The zero-order valence-electron chi connectivity index (χ0n) is 17.3. The Morgan fingerprint density at radius 3 is 2.74 bits per heavy atom. The number of hydrogen-bond donors (Lipinski definition) is 2. The van der Waals surface area contributed by atoms with Crippen LogP contribution < -0.4 is 5.32 Å². The van der Waals surface area contributed by atoms with Crippen LogP contribution in [-0.2, 0) is 16.1 Å². The number of nitrogens with zero attached hydrogens (tertiary/aromatic N) is 5. The van der Waals surface area contributed by atoms with E-state index in [1.807, 2.05) is 36.7 Å². The molecule has 4 rings (SSSR count).